The van der Waals surface area contributed by atoms with Crippen LogP contribution in [0.3, 0.4) is 0 Å². The van der Waals surface area contributed by atoms with Crippen LogP contribution in [0.25, 0.3) is 0 Å². The van der Waals surface area contributed by atoms with Gasteiger partial charge < -0.3 is 0 Å². The molecule has 0 N–H and O–H groups in total. The van der Waals surface area contributed by atoms with Crippen LogP contribution in [-0.2, 0) is 19.2 Å². The fraction of sp³-hybridized carbons (Fsp3) is 0.143. The van der Waals surface area contributed by atoms with Crippen molar-refractivity contribution in [2.24, 2.45) is 5.18 Å². The number of hydrogen-bond acceptors (Lipinski definition) is 3. The van der Waals surface area contributed by atoms with Crippen LogP contribution in [0.4, 0.5) is 5.69 Å². The van der Waals surface area contributed by atoms with Crippen LogP contribution < -0.4 is 8.77 Å². The van der Waals surface area contributed by atoms with E-state index >= 15 is 0 Å². The minimum atomic E-state index is 0.397. The molecular formula is C7H6NO2Pd. The third-order valence-corrected chi connectivity index (χ3v) is 1.85. The summed E-state index contributed by atoms with van der Waals surface area (Å²) in [4.78, 5) is 10.1. The molecule has 0 aliphatic rings. The van der Waals surface area contributed by atoms with Crippen molar-refractivity contribution in [1.82, 2.24) is 0 Å². The molecule has 11 heavy (non-hydrogen) atoms. The van der Waals surface area contributed by atoms with E-state index in [4.69, 9.17) is 4.74 Å². The van der Waals surface area contributed by atoms with E-state index in [1.807, 2.05) is 0 Å². The molecule has 0 spiro atoms. The van der Waals surface area contributed by atoms with Crippen LogP contribution in [-0.4, -0.2) is 7.11 Å². The molecule has 3 nitrogen and oxygen atoms in total. The second-order valence-electron chi connectivity index (χ2n) is 1.88. The van der Waals surface area contributed by atoms with Crippen molar-refractivity contribution in [3.63, 3.8) is 0 Å². The van der Waals surface area contributed by atoms with Crippen molar-refractivity contribution in [1.29, 1.82) is 0 Å². The van der Waals surface area contributed by atoms with Crippen LogP contribution in [0.1, 0.15) is 0 Å². The predicted octanol–water partition coefficient (Wildman–Crippen LogP) is 1.27. The topological polar surface area (TPSA) is 38.7 Å². The number of hydrogen-bond donors (Lipinski definition) is 0. The van der Waals surface area contributed by atoms with E-state index < -0.39 is 0 Å². The van der Waals surface area contributed by atoms with Crippen molar-refractivity contribution in [2.75, 3.05) is 7.11 Å². The summed E-state index contributed by atoms with van der Waals surface area (Å²) in [6, 6.07) is 5.00. The van der Waals surface area contributed by atoms with Crippen molar-refractivity contribution >= 4 is 9.72 Å². The van der Waals surface area contributed by atoms with Gasteiger partial charge >= 0.3 is 74.8 Å². The molecule has 0 amide bonds. The van der Waals surface area contributed by atoms with E-state index in [9.17, 15) is 4.91 Å². The molecule has 1 aromatic rings. The first kappa shape index (κ1) is 8.38. The molecule has 0 aliphatic heterocycles. The van der Waals surface area contributed by atoms with E-state index in [0.29, 0.717) is 15.5 Å². The first-order chi connectivity index (χ1) is 5.27. The molecule has 0 aromatic heterocycles. The van der Waals surface area contributed by atoms with Gasteiger partial charge in [0, 0.05) is 0 Å². The van der Waals surface area contributed by atoms with Crippen LogP contribution in [0.5, 0.6) is 5.75 Å². The van der Waals surface area contributed by atoms with E-state index in [-0.39, 0.29) is 0 Å². The summed E-state index contributed by atoms with van der Waals surface area (Å²) in [5.74, 6) is 0.708. The fourth-order valence-electron chi connectivity index (χ4n) is 0.672. The first-order valence-electron chi connectivity index (χ1n) is 2.91. The summed E-state index contributed by atoms with van der Waals surface area (Å²) in [6.07, 6.45) is 0. The quantitative estimate of drug-likeness (QED) is 0.579. The molecule has 0 atom stereocenters. The second kappa shape index (κ2) is 3.61. The monoisotopic (exact) mass is 242 g/mol. The van der Waals surface area contributed by atoms with Gasteiger partial charge in [0.25, 0.3) is 0 Å². The van der Waals surface area contributed by atoms with Crippen LogP contribution in [0, 0.1) is 4.91 Å². The molecule has 1 rings (SSSR count). The Bertz CT molecular complexity index is 275. The standard InChI is InChI=1S/C7H6NO2.Pd/c1-10-7-4-2-6(8-9)3-5-7;/h2,4-5H,1H3;. The van der Waals surface area contributed by atoms with Crippen molar-refractivity contribution in [3.8, 4) is 5.75 Å². The molecule has 0 saturated carbocycles. The number of nitrogens with zero attached hydrogens (tertiary/aromatic N) is 1. The summed E-state index contributed by atoms with van der Waals surface area (Å²) in [7, 11) is 1.57. The molecule has 0 saturated heterocycles. The maximum atomic E-state index is 10.1. The Kier molecular flexibility index (Phi) is 2.75. The minimum absolute atomic E-state index is 0.397. The molecular weight excluding hydrogens is 237 g/mol. The zero-order chi connectivity index (χ0) is 8.27. The summed E-state index contributed by atoms with van der Waals surface area (Å²) < 4.78 is 5.61. The second-order valence-corrected chi connectivity index (χ2v) is 2.71. The number of ether oxygens (including phenoxy) is 1. The van der Waals surface area contributed by atoms with Gasteiger partial charge in [0.05, 0.1) is 0 Å². The van der Waals surface area contributed by atoms with Crippen molar-refractivity contribution in [2.45, 2.75) is 0 Å². The molecule has 0 unspecified atom stereocenters. The average molecular weight is 243 g/mol. The number of rotatable bonds is 2. The third-order valence-electron chi connectivity index (χ3n) is 1.23. The van der Waals surface area contributed by atoms with Crippen LogP contribution in [0.2, 0.25) is 0 Å². The third kappa shape index (κ3) is 1.86. The zero-order valence-electron chi connectivity index (χ0n) is 5.81. The number of methoxy groups -OCH3 is 1. The fourth-order valence-corrected chi connectivity index (χ4v) is 1.09. The summed E-state index contributed by atoms with van der Waals surface area (Å²) in [5, 5.41) is 2.80. The molecule has 0 radical (unpaired) electrons. The van der Waals surface area contributed by atoms with Gasteiger partial charge in [-0.1, -0.05) is 0 Å². The van der Waals surface area contributed by atoms with Crippen LogP contribution >= 0.6 is 0 Å². The molecule has 1 aromatic carbocycles. The normalized spacial score (nSPS) is 9.36. The van der Waals surface area contributed by atoms with Crippen molar-refractivity contribution < 1.29 is 23.9 Å². The SMILES string of the molecule is COc1ccc(N=O)[c]([Pd])c1. The molecule has 0 bridgehead atoms. The van der Waals surface area contributed by atoms with Gasteiger partial charge in [-0.15, -0.1) is 0 Å². The van der Waals surface area contributed by atoms with E-state index in [1.54, 1.807) is 25.3 Å². The summed E-state index contributed by atoms with van der Waals surface area (Å²) in [6.45, 7) is 0. The Morgan fingerprint density at radius 2 is 2.27 bits per heavy atom. The molecule has 61 valence electrons. The maximum absolute atomic E-state index is 10.1. The first-order valence-corrected chi connectivity index (χ1v) is 3.69. The van der Waals surface area contributed by atoms with Gasteiger partial charge in [-0.25, -0.2) is 0 Å². The molecule has 4 heteroatoms. The van der Waals surface area contributed by atoms with E-state index in [0.717, 1.165) is 0 Å². The Morgan fingerprint density at radius 3 is 2.73 bits per heavy atom. The number of nitroso groups, excluding NO2 is 1. The van der Waals surface area contributed by atoms with Gasteiger partial charge in [0.15, 0.2) is 0 Å². The van der Waals surface area contributed by atoms with Gasteiger partial charge in [0.2, 0.25) is 0 Å². The Labute approximate surface area is 75.1 Å². The van der Waals surface area contributed by atoms with E-state index in [1.165, 1.54) is 0 Å². The molecule has 0 aliphatic carbocycles. The summed E-state index contributed by atoms with van der Waals surface area (Å²) in [5.41, 5.74) is 0.397. The summed E-state index contributed by atoms with van der Waals surface area (Å²) >= 11 is 2.90. The van der Waals surface area contributed by atoms with Gasteiger partial charge in [0.1, 0.15) is 0 Å². The molecule has 0 heterocycles. The predicted molar refractivity (Wildman–Crippen MR) is 38.1 cm³/mol. The zero-order valence-corrected chi connectivity index (χ0v) is 7.37. The average Bonchev–Trinajstić information content (AvgIpc) is 2.04. The van der Waals surface area contributed by atoms with Crippen LogP contribution in [0.15, 0.2) is 23.4 Å². The van der Waals surface area contributed by atoms with E-state index in [2.05, 4.69) is 24.4 Å². The Morgan fingerprint density at radius 1 is 1.55 bits per heavy atom. The van der Waals surface area contributed by atoms with Gasteiger partial charge in [-0.3, -0.25) is 0 Å². The van der Waals surface area contributed by atoms with Crippen molar-refractivity contribution in [3.05, 3.63) is 23.1 Å². The molecule has 0 fully saturated rings. The Balaban J connectivity index is 3.09. The van der Waals surface area contributed by atoms with Gasteiger partial charge in [-0.05, 0) is 0 Å². The van der Waals surface area contributed by atoms with Gasteiger partial charge in [-0.2, -0.15) is 0 Å². The number of benzene rings is 1. The Hall–Kier alpha value is -0.718.